The number of nitrogens with one attached hydrogen (secondary N) is 1. The molecule has 0 aliphatic heterocycles. The van der Waals surface area contributed by atoms with Crippen LogP contribution >= 0.6 is 0 Å². The summed E-state index contributed by atoms with van der Waals surface area (Å²) in [4.78, 5) is 11.8. The summed E-state index contributed by atoms with van der Waals surface area (Å²) in [6, 6.07) is 2.12. The number of rotatable bonds is 4. The SMILES string of the molecule is CCC(C)OC(=O)NC1CCC(c2cc(N)n(C(C)(C)C)n2)C1. The number of hydrogen-bond donors (Lipinski definition) is 2. The molecule has 1 heterocycles. The molecule has 0 aromatic carbocycles. The molecular formula is C17H30N4O2. The van der Waals surface area contributed by atoms with Crippen molar-refractivity contribution < 1.29 is 9.53 Å². The summed E-state index contributed by atoms with van der Waals surface area (Å²) >= 11 is 0. The van der Waals surface area contributed by atoms with Gasteiger partial charge in [0.25, 0.3) is 0 Å². The summed E-state index contributed by atoms with van der Waals surface area (Å²) in [5.74, 6) is 1.04. The van der Waals surface area contributed by atoms with Crippen LogP contribution in [0.1, 0.15) is 71.9 Å². The van der Waals surface area contributed by atoms with E-state index in [0.717, 1.165) is 31.4 Å². The molecule has 1 saturated carbocycles. The number of ether oxygens (including phenoxy) is 1. The third-order valence-corrected chi connectivity index (χ3v) is 4.45. The molecule has 2 rings (SSSR count). The van der Waals surface area contributed by atoms with Gasteiger partial charge in [-0.05, 0) is 53.4 Å². The van der Waals surface area contributed by atoms with Crippen LogP contribution in [0.5, 0.6) is 0 Å². The van der Waals surface area contributed by atoms with Crippen LogP contribution in [0.4, 0.5) is 10.6 Å². The molecule has 1 aliphatic rings. The van der Waals surface area contributed by atoms with E-state index in [0.29, 0.717) is 11.7 Å². The Bertz CT molecular complexity index is 547. The van der Waals surface area contributed by atoms with Crippen LogP contribution in [-0.2, 0) is 10.3 Å². The van der Waals surface area contributed by atoms with Crippen LogP contribution in [0, 0.1) is 0 Å². The second-order valence-electron chi connectivity index (χ2n) is 7.55. The number of amides is 1. The molecule has 0 saturated heterocycles. The lowest BCUT2D eigenvalue weighted by atomic mass is 10.0. The monoisotopic (exact) mass is 322 g/mol. The van der Waals surface area contributed by atoms with Gasteiger partial charge >= 0.3 is 6.09 Å². The van der Waals surface area contributed by atoms with E-state index < -0.39 is 0 Å². The number of alkyl carbamates (subject to hydrolysis) is 1. The topological polar surface area (TPSA) is 82.2 Å². The molecule has 3 atom stereocenters. The number of anilines is 1. The van der Waals surface area contributed by atoms with Crippen molar-refractivity contribution in [1.82, 2.24) is 15.1 Å². The summed E-state index contributed by atoms with van der Waals surface area (Å²) in [5, 5.41) is 7.65. The number of nitrogens with zero attached hydrogens (tertiary/aromatic N) is 2. The Kier molecular flexibility index (Phi) is 5.22. The average Bonchev–Trinajstić information content (AvgIpc) is 3.04. The molecule has 1 aliphatic carbocycles. The fourth-order valence-electron chi connectivity index (χ4n) is 3.00. The first-order valence-corrected chi connectivity index (χ1v) is 8.53. The van der Waals surface area contributed by atoms with Gasteiger partial charge in [-0.15, -0.1) is 0 Å². The fraction of sp³-hybridized carbons (Fsp3) is 0.765. The van der Waals surface area contributed by atoms with Gasteiger partial charge in [-0.2, -0.15) is 5.10 Å². The van der Waals surface area contributed by atoms with E-state index in [-0.39, 0.29) is 23.8 Å². The molecule has 1 fully saturated rings. The van der Waals surface area contributed by atoms with E-state index in [4.69, 9.17) is 10.5 Å². The zero-order valence-corrected chi connectivity index (χ0v) is 14.9. The first kappa shape index (κ1) is 17.6. The van der Waals surface area contributed by atoms with Gasteiger partial charge in [0, 0.05) is 18.0 Å². The molecule has 23 heavy (non-hydrogen) atoms. The van der Waals surface area contributed by atoms with Gasteiger partial charge in [0.1, 0.15) is 11.9 Å². The van der Waals surface area contributed by atoms with Crippen molar-refractivity contribution in [3.8, 4) is 0 Å². The first-order chi connectivity index (χ1) is 10.7. The molecule has 6 heteroatoms. The fourth-order valence-corrected chi connectivity index (χ4v) is 3.00. The van der Waals surface area contributed by atoms with Crippen molar-refractivity contribution in [3.63, 3.8) is 0 Å². The van der Waals surface area contributed by atoms with Crippen LogP contribution in [-0.4, -0.2) is 28.0 Å². The Morgan fingerprint density at radius 1 is 1.52 bits per heavy atom. The van der Waals surface area contributed by atoms with Gasteiger partial charge in [-0.25, -0.2) is 9.48 Å². The Balaban J connectivity index is 1.94. The van der Waals surface area contributed by atoms with Crippen LogP contribution in [0.15, 0.2) is 6.07 Å². The smallest absolute Gasteiger partial charge is 0.407 e. The maximum Gasteiger partial charge on any atom is 0.407 e. The standard InChI is InChI=1S/C17H30N4O2/c1-6-11(2)23-16(22)19-13-8-7-12(9-13)14-10-15(18)21(20-14)17(3,4)5/h10-13H,6-9,18H2,1-5H3,(H,19,22). The molecule has 3 unspecified atom stereocenters. The zero-order chi connectivity index (χ0) is 17.2. The normalized spacial score (nSPS) is 22.8. The van der Waals surface area contributed by atoms with Gasteiger partial charge in [0.15, 0.2) is 0 Å². The van der Waals surface area contributed by atoms with Gasteiger partial charge < -0.3 is 15.8 Å². The maximum atomic E-state index is 11.8. The van der Waals surface area contributed by atoms with E-state index in [1.54, 1.807) is 0 Å². The summed E-state index contributed by atoms with van der Waals surface area (Å²) in [7, 11) is 0. The number of nitrogens with two attached hydrogens (primary N) is 1. The predicted molar refractivity (Wildman–Crippen MR) is 91.4 cm³/mol. The molecule has 1 amide bonds. The van der Waals surface area contributed by atoms with Gasteiger partial charge in [0.05, 0.1) is 11.2 Å². The van der Waals surface area contributed by atoms with Crippen molar-refractivity contribution in [2.45, 2.75) is 83.9 Å². The summed E-state index contributed by atoms with van der Waals surface area (Å²) in [5.41, 5.74) is 6.99. The minimum absolute atomic E-state index is 0.0468. The first-order valence-electron chi connectivity index (χ1n) is 8.53. The molecule has 1 aromatic rings. The van der Waals surface area contributed by atoms with Crippen LogP contribution in [0.3, 0.4) is 0 Å². The van der Waals surface area contributed by atoms with Crippen LogP contribution < -0.4 is 11.1 Å². The third kappa shape index (κ3) is 4.39. The molecule has 0 spiro atoms. The van der Waals surface area contributed by atoms with Crippen LogP contribution in [0.25, 0.3) is 0 Å². The molecule has 1 aromatic heterocycles. The zero-order valence-electron chi connectivity index (χ0n) is 14.9. The summed E-state index contributed by atoms with van der Waals surface area (Å²) in [6.45, 7) is 10.2. The molecule has 130 valence electrons. The Morgan fingerprint density at radius 3 is 2.78 bits per heavy atom. The highest BCUT2D eigenvalue weighted by atomic mass is 16.6. The van der Waals surface area contributed by atoms with E-state index in [9.17, 15) is 4.79 Å². The number of carbonyl (C=O) groups is 1. The molecule has 3 N–H and O–H groups in total. The largest absolute Gasteiger partial charge is 0.447 e. The van der Waals surface area contributed by atoms with Crippen molar-refractivity contribution in [3.05, 3.63) is 11.8 Å². The van der Waals surface area contributed by atoms with Crippen molar-refractivity contribution in [2.24, 2.45) is 0 Å². The van der Waals surface area contributed by atoms with E-state index >= 15 is 0 Å². The van der Waals surface area contributed by atoms with E-state index in [2.05, 4.69) is 31.2 Å². The van der Waals surface area contributed by atoms with Gasteiger partial charge in [0.2, 0.25) is 0 Å². The Labute approximate surface area is 138 Å². The summed E-state index contributed by atoms with van der Waals surface area (Å²) < 4.78 is 7.16. The Morgan fingerprint density at radius 2 is 2.22 bits per heavy atom. The lowest BCUT2D eigenvalue weighted by Crippen LogP contribution is -2.35. The lowest BCUT2D eigenvalue weighted by Gasteiger charge is -2.20. The molecule has 0 radical (unpaired) electrons. The second kappa shape index (κ2) is 6.81. The Hall–Kier alpha value is -1.72. The second-order valence-corrected chi connectivity index (χ2v) is 7.55. The minimum atomic E-state index is -0.315. The predicted octanol–water partition coefficient (Wildman–Crippen LogP) is 3.38. The van der Waals surface area contributed by atoms with Crippen molar-refractivity contribution in [1.29, 1.82) is 0 Å². The summed E-state index contributed by atoms with van der Waals surface area (Å²) in [6.07, 6.45) is 3.30. The minimum Gasteiger partial charge on any atom is -0.447 e. The number of carbonyl (C=O) groups excluding carboxylic acids is 1. The number of nitrogen functional groups attached to an aromatic ring is 1. The van der Waals surface area contributed by atoms with Crippen molar-refractivity contribution in [2.75, 3.05) is 5.73 Å². The third-order valence-electron chi connectivity index (χ3n) is 4.45. The number of aromatic nitrogens is 2. The average molecular weight is 322 g/mol. The van der Waals surface area contributed by atoms with Crippen LogP contribution in [0.2, 0.25) is 0 Å². The molecular weight excluding hydrogens is 292 g/mol. The highest BCUT2D eigenvalue weighted by Crippen LogP contribution is 2.35. The highest BCUT2D eigenvalue weighted by molar-refractivity contribution is 5.67. The molecule has 6 nitrogen and oxygen atoms in total. The van der Waals surface area contributed by atoms with Gasteiger partial charge in [-0.1, -0.05) is 6.92 Å². The molecule has 0 bridgehead atoms. The quantitative estimate of drug-likeness (QED) is 0.890. The van der Waals surface area contributed by atoms with Crippen molar-refractivity contribution >= 4 is 11.9 Å². The highest BCUT2D eigenvalue weighted by Gasteiger charge is 2.30. The van der Waals surface area contributed by atoms with E-state index in [1.165, 1.54) is 0 Å². The van der Waals surface area contributed by atoms with E-state index in [1.807, 2.05) is 24.6 Å². The maximum absolute atomic E-state index is 11.8. The van der Waals surface area contributed by atoms with Gasteiger partial charge in [-0.3, -0.25) is 0 Å². The number of hydrogen-bond acceptors (Lipinski definition) is 4. The lowest BCUT2D eigenvalue weighted by molar-refractivity contribution is 0.102.